The van der Waals surface area contributed by atoms with E-state index in [0.29, 0.717) is 6.61 Å². The van der Waals surface area contributed by atoms with E-state index >= 15 is 0 Å². The monoisotopic (exact) mass is 452 g/mol. The molecule has 1 fully saturated rings. The van der Waals surface area contributed by atoms with Crippen molar-refractivity contribution < 1.29 is 4.74 Å². The second-order valence-electron chi connectivity index (χ2n) is 5.32. The second-order valence-corrected chi connectivity index (χ2v) is 7.21. The Morgan fingerprint density at radius 2 is 2.00 bits per heavy atom. The summed E-state index contributed by atoms with van der Waals surface area (Å²) < 4.78 is 7.00. The molecule has 0 radical (unpaired) electrons. The fraction of sp³-hybridized carbons (Fsp3) is 0.412. The van der Waals surface area contributed by atoms with E-state index in [1.165, 1.54) is 10.4 Å². The molecule has 0 amide bonds. The molecule has 0 unspecified atom stereocenters. The third kappa shape index (κ3) is 5.10. The minimum atomic E-state index is 0. The van der Waals surface area contributed by atoms with Crippen molar-refractivity contribution in [2.24, 2.45) is 0 Å². The summed E-state index contributed by atoms with van der Waals surface area (Å²) in [5.41, 5.74) is 1.25. The van der Waals surface area contributed by atoms with Crippen LogP contribution in [0.15, 0.2) is 40.2 Å². The summed E-state index contributed by atoms with van der Waals surface area (Å²) in [7, 11) is 0. The fourth-order valence-corrected chi connectivity index (χ4v) is 4.19. The van der Waals surface area contributed by atoms with Crippen molar-refractivity contribution in [1.82, 2.24) is 10.2 Å². The van der Waals surface area contributed by atoms with E-state index < -0.39 is 0 Å². The molecular formula is C17H23BrCl2N2OS. The van der Waals surface area contributed by atoms with E-state index in [4.69, 9.17) is 4.74 Å². The molecule has 1 saturated heterocycles. The molecule has 1 aromatic heterocycles. The predicted molar refractivity (Wildman–Crippen MR) is 110 cm³/mol. The molecule has 0 bridgehead atoms. The molecular weight excluding hydrogens is 431 g/mol. The molecule has 134 valence electrons. The van der Waals surface area contributed by atoms with Crippen LogP contribution >= 0.6 is 52.1 Å². The summed E-state index contributed by atoms with van der Waals surface area (Å²) in [6.07, 6.45) is 0. The van der Waals surface area contributed by atoms with Crippen LogP contribution in [0, 0.1) is 0 Å². The first-order chi connectivity index (χ1) is 10.8. The minimum absolute atomic E-state index is 0. The lowest BCUT2D eigenvalue weighted by Crippen LogP contribution is -2.45. The van der Waals surface area contributed by atoms with Gasteiger partial charge in [0.1, 0.15) is 5.75 Å². The molecule has 1 aliphatic heterocycles. The maximum absolute atomic E-state index is 5.90. The zero-order valence-electron chi connectivity index (χ0n) is 13.5. The zero-order chi connectivity index (χ0) is 15.4. The normalized spacial score (nSPS) is 15.9. The third-order valence-corrected chi connectivity index (χ3v) is 5.31. The summed E-state index contributed by atoms with van der Waals surface area (Å²) in [5.74, 6) is 0.989. The first kappa shape index (κ1) is 21.7. The SMILES string of the molecule is CCOc1ccc(Br)cc1[C@@H](c1cccs1)N1CCNCC1.Cl.Cl. The summed E-state index contributed by atoms with van der Waals surface area (Å²) >= 11 is 5.44. The molecule has 1 aliphatic rings. The molecule has 3 rings (SSSR count). The van der Waals surface area contributed by atoms with Gasteiger partial charge < -0.3 is 10.1 Å². The van der Waals surface area contributed by atoms with Gasteiger partial charge in [0.15, 0.2) is 0 Å². The first-order valence-corrected chi connectivity index (χ1v) is 9.37. The summed E-state index contributed by atoms with van der Waals surface area (Å²) in [6.45, 7) is 6.92. The first-order valence-electron chi connectivity index (χ1n) is 7.70. The number of rotatable bonds is 5. The van der Waals surface area contributed by atoms with Crippen molar-refractivity contribution in [2.75, 3.05) is 32.8 Å². The molecule has 2 heterocycles. The standard InChI is InChI=1S/C17H21BrN2OS.2ClH/c1-2-21-15-6-5-13(18)12-14(15)17(16-4-3-11-22-16)20-9-7-19-8-10-20;;/h3-6,11-12,17,19H,2,7-10H2,1H3;2*1H/t17-;;/m0../s1. The number of hydrogen-bond acceptors (Lipinski definition) is 4. The van der Waals surface area contributed by atoms with Gasteiger partial charge in [-0.2, -0.15) is 0 Å². The maximum Gasteiger partial charge on any atom is 0.124 e. The Labute approximate surface area is 168 Å². The quantitative estimate of drug-likeness (QED) is 0.706. The van der Waals surface area contributed by atoms with Crippen LogP contribution in [0.3, 0.4) is 0 Å². The molecule has 0 spiro atoms. The largest absolute Gasteiger partial charge is 0.494 e. The van der Waals surface area contributed by atoms with Crippen LogP contribution in [0.25, 0.3) is 0 Å². The molecule has 0 aliphatic carbocycles. The number of ether oxygens (including phenoxy) is 1. The average molecular weight is 454 g/mol. The van der Waals surface area contributed by atoms with Gasteiger partial charge in [-0.25, -0.2) is 0 Å². The zero-order valence-corrected chi connectivity index (χ0v) is 17.6. The Hall–Kier alpha value is -0.300. The topological polar surface area (TPSA) is 24.5 Å². The van der Waals surface area contributed by atoms with E-state index in [0.717, 1.165) is 36.4 Å². The Bertz CT molecular complexity index is 607. The van der Waals surface area contributed by atoms with Crippen LogP contribution in [0.2, 0.25) is 0 Å². The van der Waals surface area contributed by atoms with Crippen molar-refractivity contribution in [3.8, 4) is 5.75 Å². The Morgan fingerprint density at radius 3 is 2.62 bits per heavy atom. The van der Waals surface area contributed by atoms with Crippen LogP contribution in [0.4, 0.5) is 0 Å². The number of benzene rings is 1. The fourth-order valence-electron chi connectivity index (χ4n) is 2.94. The van der Waals surface area contributed by atoms with Gasteiger partial charge in [-0.1, -0.05) is 22.0 Å². The molecule has 1 N–H and O–H groups in total. The lowest BCUT2D eigenvalue weighted by atomic mass is 10.0. The van der Waals surface area contributed by atoms with Crippen molar-refractivity contribution in [3.05, 3.63) is 50.6 Å². The molecule has 7 heteroatoms. The van der Waals surface area contributed by atoms with Gasteiger partial charge in [0, 0.05) is 41.1 Å². The van der Waals surface area contributed by atoms with Crippen LogP contribution in [0.1, 0.15) is 23.4 Å². The van der Waals surface area contributed by atoms with Gasteiger partial charge in [-0.15, -0.1) is 36.2 Å². The number of halogens is 3. The Kier molecular flexibility index (Phi) is 9.64. The second kappa shape index (κ2) is 10.6. The van der Waals surface area contributed by atoms with E-state index in [9.17, 15) is 0 Å². The summed E-state index contributed by atoms with van der Waals surface area (Å²) in [4.78, 5) is 3.92. The highest BCUT2D eigenvalue weighted by molar-refractivity contribution is 9.10. The van der Waals surface area contributed by atoms with Crippen molar-refractivity contribution >= 4 is 52.1 Å². The lowest BCUT2D eigenvalue weighted by Gasteiger charge is -2.35. The smallest absolute Gasteiger partial charge is 0.124 e. The van der Waals surface area contributed by atoms with Crippen molar-refractivity contribution in [2.45, 2.75) is 13.0 Å². The molecule has 0 saturated carbocycles. The minimum Gasteiger partial charge on any atom is -0.494 e. The molecule has 2 aromatic rings. The van der Waals surface area contributed by atoms with Crippen LogP contribution in [0.5, 0.6) is 5.75 Å². The van der Waals surface area contributed by atoms with Gasteiger partial charge in [0.25, 0.3) is 0 Å². The Morgan fingerprint density at radius 1 is 1.25 bits per heavy atom. The van der Waals surface area contributed by atoms with Crippen LogP contribution < -0.4 is 10.1 Å². The number of nitrogens with one attached hydrogen (secondary N) is 1. The Balaban J connectivity index is 0.00000144. The van der Waals surface area contributed by atoms with Gasteiger partial charge in [0.05, 0.1) is 12.6 Å². The van der Waals surface area contributed by atoms with Crippen molar-refractivity contribution in [3.63, 3.8) is 0 Å². The number of thiophene rings is 1. The van der Waals surface area contributed by atoms with Crippen LogP contribution in [-0.4, -0.2) is 37.7 Å². The van der Waals surface area contributed by atoms with Crippen molar-refractivity contribution in [1.29, 1.82) is 0 Å². The molecule has 24 heavy (non-hydrogen) atoms. The number of nitrogens with zero attached hydrogens (tertiary/aromatic N) is 1. The van der Waals surface area contributed by atoms with Crippen LogP contribution in [-0.2, 0) is 0 Å². The highest BCUT2D eigenvalue weighted by Crippen LogP contribution is 2.38. The summed E-state index contributed by atoms with van der Waals surface area (Å²) in [6, 6.07) is 11.0. The summed E-state index contributed by atoms with van der Waals surface area (Å²) in [5, 5.41) is 5.59. The predicted octanol–water partition coefficient (Wildman–Crippen LogP) is 4.75. The highest BCUT2D eigenvalue weighted by atomic mass is 79.9. The number of hydrogen-bond donors (Lipinski definition) is 1. The third-order valence-electron chi connectivity index (χ3n) is 3.90. The molecule has 1 aromatic carbocycles. The van der Waals surface area contributed by atoms with Gasteiger partial charge in [-0.3, -0.25) is 4.90 Å². The maximum atomic E-state index is 5.90. The molecule has 1 atom stereocenters. The van der Waals surface area contributed by atoms with E-state index in [1.54, 1.807) is 0 Å². The van der Waals surface area contributed by atoms with E-state index in [2.05, 4.69) is 61.9 Å². The highest BCUT2D eigenvalue weighted by Gasteiger charge is 2.27. The van der Waals surface area contributed by atoms with E-state index in [1.807, 2.05) is 18.3 Å². The van der Waals surface area contributed by atoms with E-state index in [-0.39, 0.29) is 30.9 Å². The molecule has 3 nitrogen and oxygen atoms in total. The lowest BCUT2D eigenvalue weighted by molar-refractivity contribution is 0.196. The van der Waals surface area contributed by atoms with Gasteiger partial charge in [-0.05, 0) is 36.6 Å². The van der Waals surface area contributed by atoms with Gasteiger partial charge in [0.2, 0.25) is 0 Å². The van der Waals surface area contributed by atoms with Gasteiger partial charge >= 0.3 is 0 Å². The number of piperazine rings is 1. The average Bonchev–Trinajstić information content (AvgIpc) is 3.05.